The van der Waals surface area contributed by atoms with Gasteiger partial charge in [-0.05, 0) is 31.5 Å². The van der Waals surface area contributed by atoms with E-state index >= 15 is 0 Å². The topological polar surface area (TPSA) is 110 Å². The molecule has 1 atom stereocenters. The average Bonchev–Trinajstić information content (AvgIpc) is 3.49. The molecule has 0 amide bonds. The van der Waals surface area contributed by atoms with Crippen molar-refractivity contribution in [2.75, 3.05) is 24.1 Å². The lowest BCUT2D eigenvalue weighted by atomic mass is 10.1. The summed E-state index contributed by atoms with van der Waals surface area (Å²) < 4.78 is 47.9. The van der Waals surface area contributed by atoms with E-state index in [1.54, 1.807) is 12.1 Å². The predicted molar refractivity (Wildman–Crippen MR) is 116 cm³/mol. The van der Waals surface area contributed by atoms with E-state index < -0.39 is 17.5 Å². The van der Waals surface area contributed by atoms with Crippen LogP contribution in [0.1, 0.15) is 18.4 Å². The smallest absolute Gasteiger partial charge is 0.259 e. The minimum Gasteiger partial charge on any atom is -0.461 e. The molecule has 3 aromatic heterocycles. The van der Waals surface area contributed by atoms with Gasteiger partial charge in [0, 0.05) is 36.8 Å². The summed E-state index contributed by atoms with van der Waals surface area (Å²) >= 11 is 0. The number of hydrogen-bond acceptors (Lipinski definition) is 8. The van der Waals surface area contributed by atoms with Crippen LogP contribution >= 0.6 is 12.4 Å². The van der Waals surface area contributed by atoms with E-state index in [0.717, 1.165) is 12.8 Å². The molecule has 9 nitrogen and oxygen atoms in total. The zero-order valence-corrected chi connectivity index (χ0v) is 18.0. The number of hydrogen-bond donors (Lipinski definition) is 2. The highest BCUT2D eigenvalue weighted by molar-refractivity contribution is 5.85. The summed E-state index contributed by atoms with van der Waals surface area (Å²) in [6.07, 6.45) is 3.21. The van der Waals surface area contributed by atoms with Crippen LogP contribution in [0, 0.1) is 17.5 Å². The summed E-state index contributed by atoms with van der Waals surface area (Å²) in [5.74, 6) is -1.28. The molecule has 1 fully saturated rings. The van der Waals surface area contributed by atoms with E-state index in [0.29, 0.717) is 36.8 Å². The van der Waals surface area contributed by atoms with Crippen molar-refractivity contribution in [1.82, 2.24) is 29.5 Å². The molecule has 4 heterocycles. The Morgan fingerprint density at radius 2 is 1.94 bits per heavy atom. The third kappa shape index (κ3) is 4.57. The van der Waals surface area contributed by atoms with E-state index in [4.69, 9.17) is 10.2 Å². The first-order valence-corrected chi connectivity index (χ1v) is 10.0. The monoisotopic (exact) mass is 480 g/mol. The zero-order chi connectivity index (χ0) is 22.2. The van der Waals surface area contributed by atoms with E-state index in [-0.39, 0.29) is 48.2 Å². The molecule has 0 spiro atoms. The molecule has 33 heavy (non-hydrogen) atoms. The van der Waals surface area contributed by atoms with E-state index in [1.807, 2.05) is 4.90 Å². The Morgan fingerprint density at radius 1 is 1.15 bits per heavy atom. The van der Waals surface area contributed by atoms with Crippen LogP contribution in [0.3, 0.4) is 0 Å². The number of furan rings is 1. The number of likely N-dealkylation sites (tertiary alicyclic amines) is 1. The van der Waals surface area contributed by atoms with Crippen LogP contribution in [-0.2, 0) is 6.54 Å². The third-order valence-corrected chi connectivity index (χ3v) is 5.44. The van der Waals surface area contributed by atoms with Gasteiger partial charge in [0.05, 0.1) is 6.26 Å². The van der Waals surface area contributed by atoms with Crippen LogP contribution in [0.25, 0.3) is 17.4 Å². The van der Waals surface area contributed by atoms with Crippen LogP contribution in [0.2, 0.25) is 0 Å². The van der Waals surface area contributed by atoms with Crippen molar-refractivity contribution in [3.8, 4) is 11.6 Å². The molecular formula is C20H20ClF3N8O. The second-order valence-corrected chi connectivity index (χ2v) is 7.53. The lowest BCUT2D eigenvalue weighted by Gasteiger charge is -2.25. The van der Waals surface area contributed by atoms with Crippen LogP contribution in [0.15, 0.2) is 34.9 Å². The van der Waals surface area contributed by atoms with E-state index in [9.17, 15) is 13.2 Å². The zero-order valence-electron chi connectivity index (χ0n) is 17.2. The molecule has 174 valence electrons. The number of benzene rings is 1. The van der Waals surface area contributed by atoms with Gasteiger partial charge in [0.25, 0.3) is 5.78 Å². The highest BCUT2D eigenvalue weighted by Gasteiger charge is 2.27. The molecule has 3 N–H and O–H groups in total. The SMILES string of the molecule is Cl.Nc1nc(NC[C@H]2CCCN2Cc2c(F)cc(F)cc2F)nc2nc(-c3ccco3)nn12. The highest BCUT2D eigenvalue weighted by atomic mass is 35.5. The largest absolute Gasteiger partial charge is 0.461 e. The maximum Gasteiger partial charge on any atom is 0.259 e. The average molecular weight is 481 g/mol. The molecule has 0 bridgehead atoms. The molecule has 1 aliphatic heterocycles. The van der Waals surface area contributed by atoms with E-state index in [1.165, 1.54) is 10.8 Å². The predicted octanol–water partition coefficient (Wildman–Crippen LogP) is 3.28. The second-order valence-electron chi connectivity index (χ2n) is 7.53. The molecule has 0 saturated carbocycles. The van der Waals surface area contributed by atoms with Gasteiger partial charge in [-0.1, -0.05) is 0 Å². The van der Waals surface area contributed by atoms with Crippen LogP contribution in [-0.4, -0.2) is 48.6 Å². The minimum absolute atomic E-state index is 0. The quantitative estimate of drug-likeness (QED) is 0.432. The van der Waals surface area contributed by atoms with Gasteiger partial charge >= 0.3 is 0 Å². The van der Waals surface area contributed by atoms with Crippen LogP contribution in [0.4, 0.5) is 25.1 Å². The van der Waals surface area contributed by atoms with Crippen molar-refractivity contribution in [2.24, 2.45) is 0 Å². The van der Waals surface area contributed by atoms with Crippen molar-refractivity contribution >= 4 is 30.1 Å². The van der Waals surface area contributed by atoms with Crippen LogP contribution < -0.4 is 11.1 Å². The number of nitrogen functional groups attached to an aromatic ring is 1. The summed E-state index contributed by atoms with van der Waals surface area (Å²) in [4.78, 5) is 14.8. The first-order chi connectivity index (χ1) is 15.5. The van der Waals surface area contributed by atoms with Crippen molar-refractivity contribution in [3.05, 3.63) is 53.5 Å². The Bertz CT molecular complexity index is 1240. The van der Waals surface area contributed by atoms with Gasteiger partial charge in [-0.15, -0.1) is 17.5 Å². The van der Waals surface area contributed by atoms with Gasteiger partial charge in [0.15, 0.2) is 5.76 Å². The first-order valence-electron chi connectivity index (χ1n) is 10.0. The van der Waals surface area contributed by atoms with Crippen molar-refractivity contribution < 1.29 is 17.6 Å². The van der Waals surface area contributed by atoms with Crippen molar-refractivity contribution in [2.45, 2.75) is 25.4 Å². The minimum atomic E-state index is -0.933. The number of nitrogens with zero attached hydrogens (tertiary/aromatic N) is 6. The maximum absolute atomic E-state index is 14.1. The number of fused-ring (bicyclic) bond motifs is 1. The number of halogens is 4. The molecule has 4 aromatic rings. The summed E-state index contributed by atoms with van der Waals surface area (Å²) in [7, 11) is 0. The molecule has 1 aliphatic rings. The molecule has 0 radical (unpaired) electrons. The van der Waals surface area contributed by atoms with E-state index in [2.05, 4.69) is 25.4 Å². The van der Waals surface area contributed by atoms with Gasteiger partial charge in [-0.25, -0.2) is 13.2 Å². The highest BCUT2D eigenvalue weighted by Crippen LogP contribution is 2.24. The van der Waals surface area contributed by atoms with Crippen molar-refractivity contribution in [1.29, 1.82) is 0 Å². The first kappa shape index (κ1) is 22.8. The standard InChI is InChI=1S/C20H19F3N8O.ClH/c21-11-7-14(22)13(15(23)8-11)10-30-5-1-3-12(30)9-25-19-27-18(24)31-20(28-19)26-17(29-31)16-4-2-6-32-16;/h2,4,6-8,12H,1,3,5,9-10H2,(H3,24,25,26,27,28,29);1H/t12-;/m1./s1. The summed E-state index contributed by atoms with van der Waals surface area (Å²) in [5.41, 5.74) is 5.85. The van der Waals surface area contributed by atoms with Crippen molar-refractivity contribution in [3.63, 3.8) is 0 Å². The normalized spacial score (nSPS) is 16.3. The fraction of sp³-hybridized carbons (Fsp3) is 0.300. The number of nitrogens with two attached hydrogens (primary N) is 1. The molecule has 1 aromatic carbocycles. The van der Waals surface area contributed by atoms with Gasteiger partial charge in [0.1, 0.15) is 17.5 Å². The summed E-state index contributed by atoms with van der Waals surface area (Å²) in [6.45, 7) is 1.14. The molecule has 0 unspecified atom stereocenters. The Hall–Kier alpha value is -3.38. The lowest BCUT2D eigenvalue weighted by Crippen LogP contribution is -2.35. The number of aromatic nitrogens is 5. The van der Waals surface area contributed by atoms with Crippen LogP contribution in [0.5, 0.6) is 0 Å². The molecule has 5 rings (SSSR count). The van der Waals surface area contributed by atoms with Gasteiger partial charge in [0.2, 0.25) is 17.7 Å². The maximum atomic E-state index is 14.1. The Kier molecular flexibility index (Phi) is 6.38. The Morgan fingerprint density at radius 3 is 2.67 bits per heavy atom. The van der Waals surface area contributed by atoms with Gasteiger partial charge in [-0.3, -0.25) is 4.90 Å². The number of anilines is 2. The summed E-state index contributed by atoms with van der Waals surface area (Å²) in [5, 5.41) is 7.36. The molecule has 13 heteroatoms. The fourth-order valence-corrected chi connectivity index (χ4v) is 3.86. The number of rotatable bonds is 6. The lowest BCUT2D eigenvalue weighted by molar-refractivity contribution is 0.246. The fourth-order valence-electron chi connectivity index (χ4n) is 3.86. The molecular weight excluding hydrogens is 461 g/mol. The Balaban J connectivity index is 0.00000259. The van der Waals surface area contributed by atoms with Gasteiger partial charge in [-0.2, -0.15) is 19.5 Å². The Labute approximate surface area is 192 Å². The third-order valence-electron chi connectivity index (χ3n) is 5.44. The molecule has 1 saturated heterocycles. The van der Waals surface area contributed by atoms with Gasteiger partial charge < -0.3 is 15.5 Å². The summed E-state index contributed by atoms with van der Waals surface area (Å²) in [6, 6.07) is 4.82. The number of nitrogens with one attached hydrogen (secondary N) is 1. The second kappa shape index (κ2) is 9.24. The molecule has 0 aliphatic carbocycles.